The maximum atomic E-state index is 11.1. The number of hydrogen-bond donors (Lipinski definition) is 1. The molecule has 0 spiro atoms. The summed E-state index contributed by atoms with van der Waals surface area (Å²) in [4.78, 5) is 11.1. The summed E-state index contributed by atoms with van der Waals surface area (Å²) in [6.07, 6.45) is 0.579. The second-order valence-corrected chi connectivity index (χ2v) is 3.63. The Balaban J connectivity index is 3.17. The van der Waals surface area contributed by atoms with E-state index in [4.69, 9.17) is 16.3 Å². The molecule has 0 bridgehead atoms. The van der Waals surface area contributed by atoms with E-state index < -0.39 is 0 Å². The number of nitrogens with one attached hydrogen (secondary N) is 1. The number of hydrogen-bond acceptors (Lipinski definition) is 2. The first-order chi connectivity index (χ1) is 6.16. The van der Waals surface area contributed by atoms with E-state index in [-0.39, 0.29) is 5.91 Å². The zero-order valence-electron chi connectivity index (χ0n) is 8.31. The lowest BCUT2D eigenvalue weighted by molar-refractivity contribution is -0.122. The quantitative estimate of drug-likeness (QED) is 0.507. The Morgan fingerprint density at radius 1 is 1.46 bits per heavy atom. The number of ether oxygens (including phenoxy) is 1. The molecule has 0 aromatic rings. The van der Waals surface area contributed by atoms with Crippen LogP contribution in [0.4, 0.5) is 0 Å². The average Bonchev–Trinajstić information content (AvgIpc) is 2.02. The van der Waals surface area contributed by atoms with Crippen LogP contribution in [0.1, 0.15) is 20.3 Å². The Morgan fingerprint density at radius 3 is 2.69 bits per heavy atom. The third kappa shape index (κ3) is 9.64. The minimum Gasteiger partial charge on any atom is -0.378 e. The highest BCUT2D eigenvalue weighted by molar-refractivity contribution is 6.17. The van der Waals surface area contributed by atoms with Gasteiger partial charge in [0.25, 0.3) is 0 Å². The van der Waals surface area contributed by atoms with Crippen LogP contribution in [0.5, 0.6) is 0 Å². The molecule has 1 N–H and O–H groups in total. The van der Waals surface area contributed by atoms with Crippen molar-refractivity contribution >= 4 is 17.5 Å². The van der Waals surface area contributed by atoms with Gasteiger partial charge in [0.1, 0.15) is 0 Å². The first-order valence-corrected chi connectivity index (χ1v) is 5.10. The SMILES string of the molecule is CC(C)CC(=O)NCCOCCCl. The number of alkyl halides is 1. The Bertz CT molecular complexity index is 140. The van der Waals surface area contributed by atoms with Gasteiger partial charge in [-0.05, 0) is 5.92 Å². The summed E-state index contributed by atoms with van der Waals surface area (Å²) in [6.45, 7) is 5.69. The van der Waals surface area contributed by atoms with Gasteiger partial charge in [0.15, 0.2) is 0 Å². The van der Waals surface area contributed by atoms with Crippen LogP contribution in [0.2, 0.25) is 0 Å². The smallest absolute Gasteiger partial charge is 0.220 e. The minimum absolute atomic E-state index is 0.0875. The first-order valence-electron chi connectivity index (χ1n) is 4.57. The fourth-order valence-electron chi connectivity index (χ4n) is 0.862. The topological polar surface area (TPSA) is 38.3 Å². The second-order valence-electron chi connectivity index (χ2n) is 3.25. The lowest BCUT2D eigenvalue weighted by atomic mass is 10.1. The maximum Gasteiger partial charge on any atom is 0.220 e. The van der Waals surface area contributed by atoms with Gasteiger partial charge < -0.3 is 10.1 Å². The van der Waals surface area contributed by atoms with E-state index in [1.54, 1.807) is 0 Å². The van der Waals surface area contributed by atoms with Crippen molar-refractivity contribution in [2.24, 2.45) is 5.92 Å². The van der Waals surface area contributed by atoms with Gasteiger partial charge >= 0.3 is 0 Å². The molecule has 0 unspecified atom stereocenters. The molecule has 4 heteroatoms. The molecule has 0 aliphatic heterocycles. The molecule has 78 valence electrons. The second kappa shape index (κ2) is 8.32. The Kier molecular flexibility index (Phi) is 8.14. The van der Waals surface area contributed by atoms with Crippen molar-refractivity contribution < 1.29 is 9.53 Å². The predicted octanol–water partition coefficient (Wildman–Crippen LogP) is 1.40. The van der Waals surface area contributed by atoms with Crippen molar-refractivity contribution in [2.75, 3.05) is 25.6 Å². The van der Waals surface area contributed by atoms with Gasteiger partial charge in [-0.15, -0.1) is 11.6 Å². The van der Waals surface area contributed by atoms with Gasteiger partial charge in [0, 0.05) is 18.8 Å². The van der Waals surface area contributed by atoms with Crippen LogP contribution < -0.4 is 5.32 Å². The third-order valence-electron chi connectivity index (χ3n) is 1.38. The van der Waals surface area contributed by atoms with Crippen molar-refractivity contribution in [2.45, 2.75) is 20.3 Å². The molecule has 0 aromatic carbocycles. The van der Waals surface area contributed by atoms with Gasteiger partial charge in [-0.1, -0.05) is 13.8 Å². The van der Waals surface area contributed by atoms with Crippen LogP contribution in [-0.4, -0.2) is 31.5 Å². The van der Waals surface area contributed by atoms with Crippen LogP contribution in [-0.2, 0) is 9.53 Å². The fourth-order valence-corrected chi connectivity index (χ4v) is 0.971. The third-order valence-corrected chi connectivity index (χ3v) is 1.54. The van der Waals surface area contributed by atoms with E-state index in [0.717, 1.165) is 0 Å². The molecule has 0 saturated carbocycles. The molecule has 0 heterocycles. The number of carbonyl (C=O) groups is 1. The first kappa shape index (κ1) is 12.7. The summed E-state index contributed by atoms with van der Waals surface area (Å²) in [6, 6.07) is 0. The summed E-state index contributed by atoms with van der Waals surface area (Å²) in [5.74, 6) is 0.994. The van der Waals surface area contributed by atoms with Gasteiger partial charge in [0.05, 0.1) is 13.2 Å². The molecule has 1 amide bonds. The minimum atomic E-state index is 0.0875. The molecule has 13 heavy (non-hydrogen) atoms. The Labute approximate surface area is 84.8 Å². The summed E-state index contributed by atoms with van der Waals surface area (Å²) < 4.78 is 5.09. The normalized spacial score (nSPS) is 10.5. The molecule has 0 aromatic heterocycles. The fraction of sp³-hybridized carbons (Fsp3) is 0.889. The highest BCUT2D eigenvalue weighted by Gasteiger charge is 2.02. The van der Waals surface area contributed by atoms with E-state index in [1.165, 1.54) is 0 Å². The van der Waals surface area contributed by atoms with Gasteiger partial charge in [-0.3, -0.25) is 4.79 Å². The molecule has 3 nitrogen and oxygen atoms in total. The lowest BCUT2D eigenvalue weighted by Crippen LogP contribution is -2.28. The van der Waals surface area contributed by atoms with Crippen LogP contribution >= 0.6 is 11.6 Å². The molecule has 0 radical (unpaired) electrons. The molecular weight excluding hydrogens is 190 g/mol. The van der Waals surface area contributed by atoms with E-state index in [9.17, 15) is 4.79 Å². The zero-order valence-corrected chi connectivity index (χ0v) is 9.06. The monoisotopic (exact) mass is 207 g/mol. The molecule has 0 atom stereocenters. The summed E-state index contributed by atoms with van der Waals surface area (Å²) in [5, 5.41) is 2.77. The average molecular weight is 208 g/mol. The molecule has 0 aliphatic rings. The predicted molar refractivity (Wildman–Crippen MR) is 54.0 cm³/mol. The van der Waals surface area contributed by atoms with E-state index in [2.05, 4.69) is 5.32 Å². The van der Waals surface area contributed by atoms with Crippen molar-refractivity contribution in [1.29, 1.82) is 0 Å². The van der Waals surface area contributed by atoms with Crippen molar-refractivity contribution in [3.05, 3.63) is 0 Å². The molecule has 0 saturated heterocycles. The van der Waals surface area contributed by atoms with Crippen LogP contribution in [0.25, 0.3) is 0 Å². The summed E-state index contributed by atoms with van der Waals surface area (Å²) in [5.41, 5.74) is 0. The highest BCUT2D eigenvalue weighted by atomic mass is 35.5. The Hall–Kier alpha value is -0.280. The van der Waals surface area contributed by atoms with Gasteiger partial charge in [-0.2, -0.15) is 0 Å². The van der Waals surface area contributed by atoms with Crippen molar-refractivity contribution in [3.8, 4) is 0 Å². The van der Waals surface area contributed by atoms with Gasteiger partial charge in [0.2, 0.25) is 5.91 Å². The number of rotatable bonds is 7. The Morgan fingerprint density at radius 2 is 2.15 bits per heavy atom. The summed E-state index contributed by atoms with van der Waals surface area (Å²) >= 11 is 5.40. The molecule has 0 fully saturated rings. The zero-order chi connectivity index (χ0) is 10.1. The van der Waals surface area contributed by atoms with Crippen LogP contribution in [0.15, 0.2) is 0 Å². The lowest BCUT2D eigenvalue weighted by Gasteiger charge is -2.06. The highest BCUT2D eigenvalue weighted by Crippen LogP contribution is 1.97. The van der Waals surface area contributed by atoms with Crippen LogP contribution in [0.3, 0.4) is 0 Å². The largest absolute Gasteiger partial charge is 0.378 e. The molecule has 0 rings (SSSR count). The van der Waals surface area contributed by atoms with Crippen molar-refractivity contribution in [3.63, 3.8) is 0 Å². The van der Waals surface area contributed by atoms with E-state index in [0.29, 0.717) is 38.0 Å². The van der Waals surface area contributed by atoms with E-state index in [1.807, 2.05) is 13.8 Å². The standard InChI is InChI=1S/C9H18ClNO2/c1-8(2)7-9(12)11-4-6-13-5-3-10/h8H,3-7H2,1-2H3,(H,11,12). The van der Waals surface area contributed by atoms with Crippen molar-refractivity contribution in [1.82, 2.24) is 5.32 Å². The number of halogens is 1. The maximum absolute atomic E-state index is 11.1. The number of carbonyl (C=O) groups excluding carboxylic acids is 1. The van der Waals surface area contributed by atoms with Gasteiger partial charge in [-0.25, -0.2) is 0 Å². The molecular formula is C9H18ClNO2. The van der Waals surface area contributed by atoms with E-state index >= 15 is 0 Å². The molecule has 0 aliphatic carbocycles. The summed E-state index contributed by atoms with van der Waals surface area (Å²) in [7, 11) is 0. The number of amides is 1. The van der Waals surface area contributed by atoms with Crippen LogP contribution in [0, 0.1) is 5.92 Å².